The molecule has 1 N–H and O–H groups in total. The minimum absolute atomic E-state index is 0.218. The Morgan fingerprint density at radius 1 is 0.974 bits per heavy atom. The number of benzene rings is 3. The number of hydrogen-bond donors (Lipinski definition) is 1. The standard InChI is InChI=1S/C29H24Cl2N2O5/c1-3-7-20-12-19(15-25(37-4-2)26(20)38-17-18-8-5-9-21(30)13-18)14-24-27(34)32-29(36)33(28(24)35)23-11-6-10-22(31)16-23/h3,5-6,8-16H,1,4,7,17H2,2H3,(H,32,34,36)/b24-14+. The summed E-state index contributed by atoms with van der Waals surface area (Å²) in [5.41, 5.74) is 2.16. The first-order chi connectivity index (χ1) is 18.3. The molecule has 1 aliphatic rings. The molecule has 4 rings (SSSR count). The van der Waals surface area contributed by atoms with Crippen LogP contribution in [0.4, 0.5) is 10.5 Å². The number of carbonyl (C=O) groups excluding carboxylic acids is 3. The number of amides is 4. The third-order valence-corrected chi connectivity index (χ3v) is 6.04. The molecule has 0 atom stereocenters. The molecule has 0 spiro atoms. The van der Waals surface area contributed by atoms with E-state index in [0.29, 0.717) is 40.1 Å². The summed E-state index contributed by atoms with van der Waals surface area (Å²) in [5, 5.41) is 3.16. The first kappa shape index (κ1) is 27.0. The highest BCUT2D eigenvalue weighted by Crippen LogP contribution is 2.36. The van der Waals surface area contributed by atoms with Crippen LogP contribution < -0.4 is 19.7 Å². The second-order valence-electron chi connectivity index (χ2n) is 8.29. The molecule has 3 aromatic carbocycles. The lowest BCUT2D eigenvalue weighted by Gasteiger charge is -2.26. The lowest BCUT2D eigenvalue weighted by molar-refractivity contribution is -0.122. The lowest BCUT2D eigenvalue weighted by atomic mass is 10.0. The smallest absolute Gasteiger partial charge is 0.335 e. The number of hydrogen-bond acceptors (Lipinski definition) is 5. The fraction of sp³-hybridized carbons (Fsp3) is 0.138. The fourth-order valence-corrected chi connectivity index (χ4v) is 4.35. The van der Waals surface area contributed by atoms with Crippen molar-refractivity contribution in [3.8, 4) is 11.5 Å². The summed E-state index contributed by atoms with van der Waals surface area (Å²) in [7, 11) is 0. The van der Waals surface area contributed by atoms with Crippen LogP contribution in [0.25, 0.3) is 6.08 Å². The molecule has 1 aliphatic heterocycles. The Morgan fingerprint density at radius 3 is 2.39 bits per heavy atom. The average Bonchev–Trinajstić information content (AvgIpc) is 2.86. The molecule has 0 aliphatic carbocycles. The van der Waals surface area contributed by atoms with Gasteiger partial charge in [0.1, 0.15) is 12.2 Å². The predicted octanol–water partition coefficient (Wildman–Crippen LogP) is 6.37. The van der Waals surface area contributed by atoms with Crippen LogP contribution in [-0.2, 0) is 22.6 Å². The molecule has 7 nitrogen and oxygen atoms in total. The number of urea groups is 1. The van der Waals surface area contributed by atoms with Gasteiger partial charge in [0.05, 0.1) is 12.3 Å². The van der Waals surface area contributed by atoms with Gasteiger partial charge in [-0.25, -0.2) is 9.69 Å². The van der Waals surface area contributed by atoms with Crippen molar-refractivity contribution in [1.29, 1.82) is 0 Å². The zero-order valence-electron chi connectivity index (χ0n) is 20.5. The van der Waals surface area contributed by atoms with Gasteiger partial charge < -0.3 is 9.47 Å². The quantitative estimate of drug-likeness (QED) is 0.190. The van der Waals surface area contributed by atoms with Crippen molar-refractivity contribution in [1.82, 2.24) is 5.32 Å². The second kappa shape index (κ2) is 12.0. The number of carbonyl (C=O) groups is 3. The van der Waals surface area contributed by atoms with Crippen molar-refractivity contribution in [2.75, 3.05) is 11.5 Å². The van der Waals surface area contributed by atoms with Gasteiger partial charge in [-0.2, -0.15) is 0 Å². The van der Waals surface area contributed by atoms with E-state index in [1.807, 2.05) is 25.1 Å². The number of ether oxygens (including phenoxy) is 2. The number of barbiturate groups is 1. The third kappa shape index (κ3) is 6.07. The van der Waals surface area contributed by atoms with Gasteiger partial charge in [0, 0.05) is 15.6 Å². The number of nitrogens with zero attached hydrogens (tertiary/aromatic N) is 1. The molecule has 3 aromatic rings. The zero-order valence-corrected chi connectivity index (χ0v) is 22.0. The third-order valence-electron chi connectivity index (χ3n) is 5.57. The fourth-order valence-electron chi connectivity index (χ4n) is 3.96. The molecule has 0 radical (unpaired) electrons. The second-order valence-corrected chi connectivity index (χ2v) is 9.16. The van der Waals surface area contributed by atoms with Gasteiger partial charge in [-0.05, 0) is 73.0 Å². The Hall–Kier alpha value is -4.07. The van der Waals surface area contributed by atoms with E-state index in [4.69, 9.17) is 32.7 Å². The lowest BCUT2D eigenvalue weighted by Crippen LogP contribution is -2.54. The Morgan fingerprint density at radius 2 is 1.71 bits per heavy atom. The molecule has 194 valence electrons. The van der Waals surface area contributed by atoms with Gasteiger partial charge in [0.2, 0.25) is 0 Å². The van der Waals surface area contributed by atoms with E-state index in [1.165, 1.54) is 12.1 Å². The van der Waals surface area contributed by atoms with Crippen molar-refractivity contribution >= 4 is 52.8 Å². The van der Waals surface area contributed by atoms with Crippen LogP contribution in [0.5, 0.6) is 11.5 Å². The molecule has 0 saturated carbocycles. The SMILES string of the molecule is C=CCc1cc(/C=C2\C(=O)NC(=O)N(c3cccc(Cl)c3)C2=O)cc(OCC)c1OCc1cccc(Cl)c1. The highest BCUT2D eigenvalue weighted by Gasteiger charge is 2.37. The van der Waals surface area contributed by atoms with Crippen molar-refractivity contribution in [3.05, 3.63) is 106 Å². The molecule has 0 aromatic heterocycles. The topological polar surface area (TPSA) is 84.9 Å². The molecule has 0 unspecified atom stereocenters. The van der Waals surface area contributed by atoms with Gasteiger partial charge in [0.25, 0.3) is 11.8 Å². The van der Waals surface area contributed by atoms with Gasteiger partial charge in [-0.1, -0.05) is 47.5 Å². The number of nitrogens with one attached hydrogen (secondary N) is 1. The minimum Gasteiger partial charge on any atom is -0.490 e. The van der Waals surface area contributed by atoms with Crippen LogP contribution in [0.15, 0.2) is 78.9 Å². The molecule has 0 bridgehead atoms. The van der Waals surface area contributed by atoms with E-state index in [0.717, 1.165) is 16.0 Å². The molecule has 9 heteroatoms. The largest absolute Gasteiger partial charge is 0.490 e. The van der Waals surface area contributed by atoms with E-state index in [-0.39, 0.29) is 17.9 Å². The van der Waals surface area contributed by atoms with E-state index in [1.54, 1.807) is 42.5 Å². The maximum Gasteiger partial charge on any atom is 0.335 e. The van der Waals surface area contributed by atoms with Crippen LogP contribution in [0.2, 0.25) is 10.0 Å². The zero-order chi connectivity index (χ0) is 27.2. The Balaban J connectivity index is 1.72. The summed E-state index contributed by atoms with van der Waals surface area (Å²) in [4.78, 5) is 39.3. The summed E-state index contributed by atoms with van der Waals surface area (Å²) in [6.07, 6.45) is 3.57. The number of anilines is 1. The molecular weight excluding hydrogens is 527 g/mol. The summed E-state index contributed by atoms with van der Waals surface area (Å²) in [6, 6.07) is 16.2. The van der Waals surface area contributed by atoms with Crippen LogP contribution in [0.3, 0.4) is 0 Å². The number of imide groups is 2. The number of rotatable bonds is 9. The summed E-state index contributed by atoms with van der Waals surface area (Å²) in [5.74, 6) is -0.621. The molecule has 1 fully saturated rings. The number of allylic oxidation sites excluding steroid dienone is 1. The Bertz CT molecular complexity index is 1450. The van der Waals surface area contributed by atoms with Crippen LogP contribution in [0.1, 0.15) is 23.6 Å². The predicted molar refractivity (Wildman–Crippen MR) is 148 cm³/mol. The van der Waals surface area contributed by atoms with E-state index in [2.05, 4.69) is 11.9 Å². The normalized spacial score (nSPS) is 14.4. The number of halogens is 2. The Kier molecular flexibility index (Phi) is 8.51. The van der Waals surface area contributed by atoms with E-state index < -0.39 is 17.8 Å². The molecular formula is C29H24Cl2N2O5. The maximum atomic E-state index is 13.3. The molecule has 38 heavy (non-hydrogen) atoms. The van der Waals surface area contributed by atoms with Gasteiger partial charge in [-0.15, -0.1) is 6.58 Å². The first-order valence-corrected chi connectivity index (χ1v) is 12.5. The average molecular weight is 551 g/mol. The van der Waals surface area contributed by atoms with Gasteiger partial charge >= 0.3 is 6.03 Å². The van der Waals surface area contributed by atoms with Crippen molar-refractivity contribution in [2.45, 2.75) is 20.0 Å². The summed E-state index contributed by atoms with van der Waals surface area (Å²) in [6.45, 7) is 6.28. The monoisotopic (exact) mass is 550 g/mol. The highest BCUT2D eigenvalue weighted by atomic mass is 35.5. The Labute approximate surface area is 230 Å². The molecule has 1 heterocycles. The van der Waals surface area contributed by atoms with Crippen molar-refractivity contribution < 1.29 is 23.9 Å². The molecule has 1 saturated heterocycles. The van der Waals surface area contributed by atoms with Crippen molar-refractivity contribution in [2.24, 2.45) is 0 Å². The van der Waals surface area contributed by atoms with E-state index in [9.17, 15) is 14.4 Å². The molecule has 4 amide bonds. The highest BCUT2D eigenvalue weighted by molar-refractivity contribution is 6.39. The van der Waals surface area contributed by atoms with Crippen LogP contribution in [0, 0.1) is 0 Å². The van der Waals surface area contributed by atoms with Crippen molar-refractivity contribution in [3.63, 3.8) is 0 Å². The summed E-state index contributed by atoms with van der Waals surface area (Å²) < 4.78 is 12.0. The first-order valence-electron chi connectivity index (χ1n) is 11.8. The van der Waals surface area contributed by atoms with Crippen LogP contribution in [-0.4, -0.2) is 24.5 Å². The maximum absolute atomic E-state index is 13.3. The summed E-state index contributed by atoms with van der Waals surface area (Å²) >= 11 is 12.1. The van der Waals surface area contributed by atoms with Gasteiger partial charge in [-0.3, -0.25) is 14.9 Å². The van der Waals surface area contributed by atoms with Gasteiger partial charge in [0.15, 0.2) is 11.5 Å². The van der Waals surface area contributed by atoms with E-state index >= 15 is 0 Å². The minimum atomic E-state index is -0.855. The van der Waals surface area contributed by atoms with Crippen LogP contribution >= 0.6 is 23.2 Å².